The summed E-state index contributed by atoms with van der Waals surface area (Å²) < 4.78 is 3.39. The zero-order valence-electron chi connectivity index (χ0n) is 17.5. The first-order chi connectivity index (χ1) is 16.1. The molecule has 0 amide bonds. The van der Waals surface area contributed by atoms with Crippen LogP contribution in [0.2, 0.25) is 0 Å². The van der Waals surface area contributed by atoms with E-state index in [0.29, 0.717) is 14.9 Å². The molecule has 2 aliphatic rings. The molecule has 0 saturated carbocycles. The molecular weight excluding hydrogens is 496 g/mol. The van der Waals surface area contributed by atoms with Gasteiger partial charge in [0.05, 0.1) is 16.3 Å². The fraction of sp³-hybridized carbons (Fsp3) is 0.111. The Balaban J connectivity index is 1.64. The van der Waals surface area contributed by atoms with Crippen LogP contribution in [-0.4, -0.2) is 9.67 Å². The smallest absolute Gasteiger partial charge is 0.271 e. The second-order valence-corrected chi connectivity index (χ2v) is 10.1. The first kappa shape index (κ1) is 20.4. The lowest BCUT2D eigenvalue weighted by molar-refractivity contribution is 0.474. The van der Waals surface area contributed by atoms with Crippen molar-refractivity contribution in [3.63, 3.8) is 0 Å². The van der Waals surface area contributed by atoms with Crippen molar-refractivity contribution in [2.75, 3.05) is 0 Å². The van der Waals surface area contributed by atoms with Gasteiger partial charge in [-0.3, -0.25) is 9.36 Å². The number of thiazole rings is 1. The number of aromatic hydroxyl groups is 1. The predicted molar refractivity (Wildman–Crippen MR) is 135 cm³/mol. The van der Waals surface area contributed by atoms with Gasteiger partial charge >= 0.3 is 0 Å². The fourth-order valence-corrected chi connectivity index (χ4v) is 5.97. The molecule has 0 fully saturated rings. The van der Waals surface area contributed by atoms with Gasteiger partial charge in [-0.2, -0.15) is 0 Å². The Kier molecular flexibility index (Phi) is 4.93. The molecule has 0 spiro atoms. The maximum Gasteiger partial charge on any atom is 0.271 e. The lowest BCUT2D eigenvalue weighted by atomic mass is 9.83. The van der Waals surface area contributed by atoms with Gasteiger partial charge < -0.3 is 5.11 Å². The van der Waals surface area contributed by atoms with Crippen molar-refractivity contribution in [1.82, 2.24) is 4.57 Å². The van der Waals surface area contributed by atoms with Crippen molar-refractivity contribution >= 4 is 39.0 Å². The van der Waals surface area contributed by atoms with Crippen LogP contribution in [0, 0.1) is 0 Å². The molecule has 0 radical (unpaired) electrons. The van der Waals surface area contributed by atoms with Crippen molar-refractivity contribution in [1.29, 1.82) is 0 Å². The van der Waals surface area contributed by atoms with Crippen LogP contribution in [0.1, 0.15) is 34.7 Å². The van der Waals surface area contributed by atoms with Crippen LogP contribution in [0.25, 0.3) is 11.8 Å². The Morgan fingerprint density at radius 1 is 1.00 bits per heavy atom. The lowest BCUT2D eigenvalue weighted by Crippen LogP contribution is -2.38. The molecule has 33 heavy (non-hydrogen) atoms. The van der Waals surface area contributed by atoms with Gasteiger partial charge in [0.15, 0.2) is 4.80 Å². The number of allylic oxidation sites excluding steroid dienone is 1. The molecular formula is C27H19BrN2O2S. The zero-order valence-corrected chi connectivity index (χ0v) is 19.9. The molecule has 1 unspecified atom stereocenters. The minimum atomic E-state index is -0.204. The maximum atomic E-state index is 13.7. The summed E-state index contributed by atoms with van der Waals surface area (Å²) in [6, 6.07) is 23.4. The molecule has 1 atom stereocenters. The van der Waals surface area contributed by atoms with Crippen LogP contribution in [-0.2, 0) is 6.42 Å². The molecule has 4 aromatic rings. The summed E-state index contributed by atoms with van der Waals surface area (Å²) in [5.41, 5.74) is 6.22. The van der Waals surface area contributed by atoms with E-state index in [0.717, 1.165) is 34.1 Å². The molecule has 3 aromatic carbocycles. The number of nitrogens with zero attached hydrogens (tertiary/aromatic N) is 2. The third kappa shape index (κ3) is 3.41. The van der Waals surface area contributed by atoms with Crippen LogP contribution < -0.4 is 14.9 Å². The van der Waals surface area contributed by atoms with Crippen molar-refractivity contribution in [2.24, 2.45) is 4.99 Å². The van der Waals surface area contributed by atoms with Crippen molar-refractivity contribution in [2.45, 2.75) is 18.9 Å². The molecule has 6 heteroatoms. The van der Waals surface area contributed by atoms with E-state index in [4.69, 9.17) is 4.99 Å². The standard InChI is InChI=1S/C27H19BrN2O2S/c28-19-12-9-17(10-13-19)25-21-14-11-16-5-1-3-7-20(16)24(21)29-27-30(25)26(32)23(33-27)15-18-6-2-4-8-22(18)31/h1-10,12-13,15,25,31H,11,14H2. The van der Waals surface area contributed by atoms with Crippen molar-refractivity contribution in [3.8, 4) is 5.75 Å². The van der Waals surface area contributed by atoms with Gasteiger partial charge in [0.2, 0.25) is 0 Å². The second kappa shape index (κ2) is 7.97. The van der Waals surface area contributed by atoms with E-state index in [-0.39, 0.29) is 17.4 Å². The zero-order chi connectivity index (χ0) is 22.5. The van der Waals surface area contributed by atoms with E-state index in [2.05, 4.69) is 46.3 Å². The summed E-state index contributed by atoms with van der Waals surface area (Å²) in [5, 5.41) is 10.2. The number of para-hydroxylation sites is 1. The summed E-state index contributed by atoms with van der Waals surface area (Å²) >= 11 is 4.90. The molecule has 0 bridgehead atoms. The number of halogens is 1. The largest absolute Gasteiger partial charge is 0.507 e. The SMILES string of the molecule is O=c1c(=Cc2ccccc2O)sc2n1C(c1ccc(Br)cc1)C1=C(N=2)c2ccccc2CC1. The van der Waals surface area contributed by atoms with Gasteiger partial charge in [0.25, 0.3) is 5.56 Å². The van der Waals surface area contributed by atoms with Crippen molar-refractivity contribution < 1.29 is 5.11 Å². The van der Waals surface area contributed by atoms with E-state index in [9.17, 15) is 9.90 Å². The summed E-state index contributed by atoms with van der Waals surface area (Å²) in [6.07, 6.45) is 3.55. The normalized spacial score (nSPS) is 17.2. The fourth-order valence-electron chi connectivity index (χ4n) is 4.72. The van der Waals surface area contributed by atoms with E-state index in [1.165, 1.54) is 22.5 Å². The summed E-state index contributed by atoms with van der Waals surface area (Å²) in [5.74, 6) is 0.154. The molecule has 162 valence electrons. The Labute approximate surface area is 202 Å². The third-order valence-electron chi connectivity index (χ3n) is 6.28. The summed E-state index contributed by atoms with van der Waals surface area (Å²) in [4.78, 5) is 19.4. The summed E-state index contributed by atoms with van der Waals surface area (Å²) in [6.45, 7) is 0. The number of phenols is 1. The van der Waals surface area contributed by atoms with Crippen LogP contribution in [0.15, 0.2) is 92.6 Å². The first-order valence-corrected chi connectivity index (χ1v) is 12.4. The van der Waals surface area contributed by atoms with Gasteiger partial charge in [-0.25, -0.2) is 4.99 Å². The highest BCUT2D eigenvalue weighted by atomic mass is 79.9. The minimum absolute atomic E-state index is 0.0830. The van der Waals surface area contributed by atoms with Gasteiger partial charge in [0.1, 0.15) is 5.75 Å². The van der Waals surface area contributed by atoms with E-state index in [1.807, 2.05) is 28.8 Å². The van der Waals surface area contributed by atoms with E-state index in [1.54, 1.807) is 24.3 Å². The number of benzene rings is 3. The Hall–Kier alpha value is -3.22. The topological polar surface area (TPSA) is 54.6 Å². The third-order valence-corrected chi connectivity index (χ3v) is 7.79. The molecule has 1 N–H and O–H groups in total. The van der Waals surface area contributed by atoms with E-state index < -0.39 is 0 Å². The Bertz CT molecular complexity index is 1610. The number of phenolic OH excluding ortho intramolecular Hbond substituents is 1. The monoisotopic (exact) mass is 514 g/mol. The molecule has 6 rings (SSSR count). The van der Waals surface area contributed by atoms with E-state index >= 15 is 0 Å². The highest BCUT2D eigenvalue weighted by molar-refractivity contribution is 9.10. The first-order valence-electron chi connectivity index (χ1n) is 10.8. The highest BCUT2D eigenvalue weighted by Crippen LogP contribution is 2.41. The molecule has 0 saturated heterocycles. The van der Waals surface area contributed by atoms with Crippen LogP contribution in [0.3, 0.4) is 0 Å². The number of aryl methyl sites for hydroxylation is 1. The number of aromatic nitrogens is 1. The summed E-state index contributed by atoms with van der Waals surface area (Å²) in [7, 11) is 0. The van der Waals surface area contributed by atoms with Gasteiger partial charge in [-0.1, -0.05) is 81.9 Å². The second-order valence-electron chi connectivity index (χ2n) is 8.22. The minimum Gasteiger partial charge on any atom is -0.507 e. The number of hydrogen-bond donors (Lipinski definition) is 1. The average Bonchev–Trinajstić information content (AvgIpc) is 3.14. The van der Waals surface area contributed by atoms with Gasteiger partial charge in [-0.15, -0.1) is 0 Å². The molecule has 1 aliphatic heterocycles. The molecule has 1 aliphatic carbocycles. The quantitative estimate of drug-likeness (QED) is 0.418. The number of hydrogen-bond acceptors (Lipinski definition) is 4. The Morgan fingerprint density at radius 3 is 2.58 bits per heavy atom. The van der Waals surface area contributed by atoms with Crippen molar-refractivity contribution in [3.05, 3.63) is 125 Å². The predicted octanol–water partition coefficient (Wildman–Crippen LogP) is 4.79. The lowest BCUT2D eigenvalue weighted by Gasteiger charge is -2.30. The van der Waals surface area contributed by atoms with Gasteiger partial charge in [0, 0.05) is 15.6 Å². The van der Waals surface area contributed by atoms with Crippen LogP contribution >= 0.6 is 27.3 Å². The van der Waals surface area contributed by atoms with Crippen LogP contribution in [0.4, 0.5) is 0 Å². The maximum absolute atomic E-state index is 13.7. The van der Waals surface area contributed by atoms with Crippen LogP contribution in [0.5, 0.6) is 5.75 Å². The molecule has 4 nitrogen and oxygen atoms in total. The highest BCUT2D eigenvalue weighted by Gasteiger charge is 2.32. The molecule has 2 heterocycles. The average molecular weight is 515 g/mol. The molecule has 1 aromatic heterocycles. The Morgan fingerprint density at radius 2 is 1.76 bits per heavy atom. The number of rotatable bonds is 2. The van der Waals surface area contributed by atoms with Gasteiger partial charge in [-0.05, 0) is 53.8 Å². The number of fused-ring (bicyclic) bond motifs is 3.